The fourth-order valence-electron chi connectivity index (χ4n) is 3.56. The number of amides is 2. The molecule has 2 heterocycles. The Bertz CT molecular complexity index is 845. The number of hydrogen-bond donors (Lipinski definition) is 2. The second kappa shape index (κ2) is 8.83. The summed E-state index contributed by atoms with van der Waals surface area (Å²) in [7, 11) is 0. The SMILES string of the molecule is CC1(C)CC(=O)C=C(C(=O)NC(CO)C(=O)N2CCN(c3ccc(F)cc3)CC2)O1. The summed E-state index contributed by atoms with van der Waals surface area (Å²) in [5, 5.41) is 12.1. The van der Waals surface area contributed by atoms with Gasteiger partial charge in [-0.05, 0) is 38.1 Å². The first-order valence-corrected chi connectivity index (χ1v) is 9.83. The van der Waals surface area contributed by atoms with Crippen LogP contribution in [-0.4, -0.2) is 72.0 Å². The predicted molar refractivity (Wildman–Crippen MR) is 107 cm³/mol. The number of nitrogens with one attached hydrogen (secondary N) is 1. The first-order valence-electron chi connectivity index (χ1n) is 9.83. The van der Waals surface area contributed by atoms with E-state index < -0.39 is 30.1 Å². The van der Waals surface area contributed by atoms with Crippen LogP contribution in [-0.2, 0) is 19.1 Å². The molecule has 1 unspecified atom stereocenters. The number of hydrogen-bond acceptors (Lipinski definition) is 6. The predicted octanol–water partition coefficient (Wildman–Crippen LogP) is 0.603. The lowest BCUT2D eigenvalue weighted by molar-refractivity contribution is -0.139. The lowest BCUT2D eigenvalue weighted by Crippen LogP contribution is -2.56. The Balaban J connectivity index is 1.58. The lowest BCUT2D eigenvalue weighted by Gasteiger charge is -2.37. The average molecular weight is 419 g/mol. The highest BCUT2D eigenvalue weighted by Gasteiger charge is 2.34. The number of aliphatic hydroxyl groups is 1. The largest absolute Gasteiger partial charge is 0.482 e. The van der Waals surface area contributed by atoms with Crippen molar-refractivity contribution in [2.75, 3.05) is 37.7 Å². The molecule has 0 spiro atoms. The molecule has 8 nitrogen and oxygen atoms in total. The summed E-state index contributed by atoms with van der Waals surface area (Å²) >= 11 is 0. The third-order valence-corrected chi connectivity index (χ3v) is 5.07. The van der Waals surface area contributed by atoms with Gasteiger partial charge in [-0.2, -0.15) is 0 Å². The molecule has 1 fully saturated rings. The quantitative estimate of drug-likeness (QED) is 0.725. The summed E-state index contributed by atoms with van der Waals surface area (Å²) in [5.41, 5.74) is 0.0534. The zero-order valence-corrected chi connectivity index (χ0v) is 17.1. The molecule has 0 radical (unpaired) electrons. The van der Waals surface area contributed by atoms with Crippen molar-refractivity contribution in [1.82, 2.24) is 10.2 Å². The summed E-state index contributed by atoms with van der Waals surface area (Å²) in [5.74, 6) is -1.83. The maximum absolute atomic E-state index is 13.1. The molecule has 1 saturated heterocycles. The van der Waals surface area contributed by atoms with Gasteiger partial charge >= 0.3 is 0 Å². The zero-order valence-electron chi connectivity index (χ0n) is 17.1. The van der Waals surface area contributed by atoms with Crippen LogP contribution in [0, 0.1) is 5.82 Å². The lowest BCUT2D eigenvalue weighted by atomic mass is 9.98. The van der Waals surface area contributed by atoms with Gasteiger partial charge in [-0.15, -0.1) is 0 Å². The zero-order chi connectivity index (χ0) is 21.9. The van der Waals surface area contributed by atoms with Crippen LogP contribution >= 0.6 is 0 Å². The van der Waals surface area contributed by atoms with E-state index in [9.17, 15) is 23.9 Å². The number of benzene rings is 1. The van der Waals surface area contributed by atoms with Crippen LogP contribution in [0.15, 0.2) is 36.1 Å². The Morgan fingerprint density at radius 2 is 1.83 bits per heavy atom. The van der Waals surface area contributed by atoms with Gasteiger partial charge in [-0.25, -0.2) is 4.39 Å². The van der Waals surface area contributed by atoms with E-state index in [1.807, 2.05) is 4.90 Å². The van der Waals surface area contributed by atoms with Crippen molar-refractivity contribution < 1.29 is 28.6 Å². The number of ketones is 1. The van der Waals surface area contributed by atoms with E-state index in [4.69, 9.17) is 4.74 Å². The Hall–Kier alpha value is -2.94. The van der Waals surface area contributed by atoms with Gasteiger partial charge in [-0.1, -0.05) is 0 Å². The summed E-state index contributed by atoms with van der Waals surface area (Å²) in [4.78, 5) is 40.7. The van der Waals surface area contributed by atoms with Crippen LogP contribution in [0.25, 0.3) is 0 Å². The topological polar surface area (TPSA) is 99.2 Å². The minimum absolute atomic E-state index is 0.157. The van der Waals surface area contributed by atoms with E-state index in [0.717, 1.165) is 11.8 Å². The fraction of sp³-hybridized carbons (Fsp3) is 0.476. The molecule has 0 bridgehead atoms. The van der Waals surface area contributed by atoms with Crippen molar-refractivity contribution in [3.05, 3.63) is 41.9 Å². The summed E-state index contributed by atoms with van der Waals surface area (Å²) in [6.45, 7) is 4.69. The number of allylic oxidation sites excluding steroid dienone is 1. The van der Waals surface area contributed by atoms with Gasteiger partial charge < -0.3 is 25.0 Å². The van der Waals surface area contributed by atoms with Crippen LogP contribution in [0.5, 0.6) is 0 Å². The van der Waals surface area contributed by atoms with Crippen LogP contribution < -0.4 is 10.2 Å². The first kappa shape index (κ1) is 21.8. The highest BCUT2D eigenvalue weighted by molar-refractivity contribution is 6.03. The van der Waals surface area contributed by atoms with Gasteiger partial charge in [0.2, 0.25) is 5.91 Å². The van der Waals surface area contributed by atoms with Crippen molar-refractivity contribution >= 4 is 23.3 Å². The molecule has 2 N–H and O–H groups in total. The smallest absolute Gasteiger partial charge is 0.287 e. The molecule has 0 saturated carbocycles. The average Bonchev–Trinajstić information content (AvgIpc) is 2.70. The molecule has 9 heteroatoms. The number of rotatable bonds is 5. The van der Waals surface area contributed by atoms with E-state index in [1.54, 1.807) is 30.9 Å². The number of carbonyl (C=O) groups is 3. The number of carbonyl (C=O) groups excluding carboxylic acids is 3. The van der Waals surface area contributed by atoms with E-state index in [1.165, 1.54) is 12.1 Å². The van der Waals surface area contributed by atoms with E-state index in [2.05, 4.69) is 5.32 Å². The Labute approximate surface area is 174 Å². The molecular formula is C21H26FN3O5. The van der Waals surface area contributed by atoms with Gasteiger partial charge in [0.05, 0.1) is 6.61 Å². The minimum Gasteiger partial charge on any atom is -0.482 e. The normalized spacial score (nSPS) is 19.6. The number of ether oxygens (including phenoxy) is 1. The van der Waals surface area contributed by atoms with Crippen LogP contribution in [0.3, 0.4) is 0 Å². The van der Waals surface area contributed by atoms with E-state index in [0.29, 0.717) is 26.2 Å². The second-order valence-corrected chi connectivity index (χ2v) is 8.01. The Morgan fingerprint density at radius 1 is 1.20 bits per heavy atom. The van der Waals surface area contributed by atoms with Crippen molar-refractivity contribution in [1.29, 1.82) is 0 Å². The molecular weight excluding hydrogens is 393 g/mol. The molecule has 0 aromatic heterocycles. The molecule has 30 heavy (non-hydrogen) atoms. The fourth-order valence-corrected chi connectivity index (χ4v) is 3.56. The van der Waals surface area contributed by atoms with Crippen LogP contribution in [0.4, 0.5) is 10.1 Å². The highest BCUT2D eigenvalue weighted by atomic mass is 19.1. The highest BCUT2D eigenvalue weighted by Crippen LogP contribution is 2.24. The van der Waals surface area contributed by atoms with E-state index in [-0.39, 0.29) is 23.8 Å². The van der Waals surface area contributed by atoms with Gasteiger partial charge in [0.15, 0.2) is 11.5 Å². The third kappa shape index (κ3) is 5.15. The number of nitrogens with zero attached hydrogens (tertiary/aromatic N) is 2. The van der Waals surface area contributed by atoms with E-state index >= 15 is 0 Å². The number of anilines is 1. The van der Waals surface area contributed by atoms with Crippen molar-refractivity contribution in [3.8, 4) is 0 Å². The molecule has 0 aliphatic carbocycles. The monoisotopic (exact) mass is 419 g/mol. The number of halogens is 1. The van der Waals surface area contributed by atoms with Gasteiger partial charge in [0, 0.05) is 44.4 Å². The van der Waals surface area contributed by atoms with Gasteiger partial charge in [0.1, 0.15) is 17.5 Å². The minimum atomic E-state index is -1.14. The maximum Gasteiger partial charge on any atom is 0.287 e. The van der Waals surface area contributed by atoms with Crippen molar-refractivity contribution in [2.45, 2.75) is 31.9 Å². The second-order valence-electron chi connectivity index (χ2n) is 8.01. The molecule has 1 aromatic rings. The molecule has 1 aromatic carbocycles. The number of aliphatic hydroxyl groups excluding tert-OH is 1. The summed E-state index contributed by atoms with van der Waals surface area (Å²) < 4.78 is 18.6. The van der Waals surface area contributed by atoms with Crippen molar-refractivity contribution in [3.63, 3.8) is 0 Å². The molecule has 3 rings (SSSR count). The van der Waals surface area contributed by atoms with Crippen LogP contribution in [0.2, 0.25) is 0 Å². The van der Waals surface area contributed by atoms with Crippen molar-refractivity contribution in [2.24, 2.45) is 0 Å². The Kier molecular flexibility index (Phi) is 6.40. The van der Waals surface area contributed by atoms with Gasteiger partial charge in [-0.3, -0.25) is 14.4 Å². The maximum atomic E-state index is 13.1. The molecule has 2 aliphatic heterocycles. The molecule has 162 valence electrons. The first-order chi connectivity index (χ1) is 14.2. The molecule has 2 amide bonds. The number of piperazine rings is 1. The standard InChI is InChI=1S/C21H26FN3O5/c1-21(2)12-16(27)11-18(30-21)19(28)23-17(13-26)20(29)25-9-7-24(8-10-25)15-5-3-14(22)4-6-15/h3-6,11,17,26H,7-10,12-13H2,1-2H3,(H,23,28). The summed E-state index contributed by atoms with van der Waals surface area (Å²) in [6, 6.07) is 5.00. The molecule has 1 atom stereocenters. The Morgan fingerprint density at radius 3 is 2.40 bits per heavy atom. The van der Waals surface area contributed by atoms with Gasteiger partial charge in [0.25, 0.3) is 5.91 Å². The summed E-state index contributed by atoms with van der Waals surface area (Å²) in [6.07, 6.45) is 1.27. The third-order valence-electron chi connectivity index (χ3n) is 5.07. The van der Waals surface area contributed by atoms with Crippen LogP contribution in [0.1, 0.15) is 20.3 Å². The molecule has 2 aliphatic rings.